The Balaban J connectivity index is 2.40. The molecule has 0 amide bonds. The number of non-ortho nitro benzene ring substituents is 1. The number of rotatable bonds is 7. The monoisotopic (exact) mass is 289 g/mol. The number of methoxy groups -OCH3 is 1. The second-order valence-electron chi connectivity index (χ2n) is 4.84. The average Bonchev–Trinajstić information content (AvgIpc) is 2.47. The maximum Gasteiger partial charge on any atom is 0.278 e. The maximum atomic E-state index is 11.1. The van der Waals surface area contributed by atoms with E-state index in [4.69, 9.17) is 4.74 Å². The third-order valence-electron chi connectivity index (χ3n) is 3.41. The molecule has 0 fully saturated rings. The number of nitro benzene ring substituents is 1. The van der Waals surface area contributed by atoms with Gasteiger partial charge in [-0.1, -0.05) is 13.0 Å². The molecule has 0 aliphatic rings. The standard InChI is InChI=1S/C15H19N3O3/c1-3-17-12(10-21-2)8-11-4-5-15(18(19)20)14-9-16-7-6-13(11)14/h4-7,9,12,17H,3,8,10H2,1-2H3. The molecule has 1 N–H and O–H groups in total. The summed E-state index contributed by atoms with van der Waals surface area (Å²) >= 11 is 0. The highest BCUT2D eigenvalue weighted by atomic mass is 16.6. The molecule has 0 saturated heterocycles. The lowest BCUT2D eigenvalue weighted by atomic mass is 9.99. The van der Waals surface area contributed by atoms with Crippen molar-refractivity contribution in [3.05, 3.63) is 46.3 Å². The average molecular weight is 289 g/mol. The van der Waals surface area contributed by atoms with Crippen LogP contribution in [0.5, 0.6) is 0 Å². The van der Waals surface area contributed by atoms with Gasteiger partial charge in [0.15, 0.2) is 0 Å². The Morgan fingerprint density at radius 2 is 2.19 bits per heavy atom. The lowest BCUT2D eigenvalue weighted by molar-refractivity contribution is -0.383. The first-order valence-electron chi connectivity index (χ1n) is 6.89. The number of nitrogens with one attached hydrogen (secondary N) is 1. The molecule has 6 heteroatoms. The molecule has 1 aromatic heterocycles. The molecular formula is C15H19N3O3. The van der Waals surface area contributed by atoms with Gasteiger partial charge in [0.2, 0.25) is 0 Å². The minimum atomic E-state index is -0.370. The lowest BCUT2D eigenvalue weighted by Gasteiger charge is -2.18. The number of benzene rings is 1. The molecule has 2 rings (SSSR count). The first-order chi connectivity index (χ1) is 10.2. The van der Waals surface area contributed by atoms with Crippen molar-refractivity contribution >= 4 is 16.5 Å². The van der Waals surface area contributed by atoms with Gasteiger partial charge in [0.25, 0.3) is 5.69 Å². The maximum absolute atomic E-state index is 11.1. The van der Waals surface area contributed by atoms with Gasteiger partial charge in [-0.2, -0.15) is 0 Å². The number of hydrogen-bond acceptors (Lipinski definition) is 5. The highest BCUT2D eigenvalue weighted by molar-refractivity contribution is 5.92. The first-order valence-corrected chi connectivity index (χ1v) is 6.89. The normalized spacial score (nSPS) is 12.5. The molecule has 1 heterocycles. The van der Waals surface area contributed by atoms with E-state index in [-0.39, 0.29) is 16.7 Å². The van der Waals surface area contributed by atoms with Gasteiger partial charge >= 0.3 is 0 Å². The number of likely N-dealkylation sites (N-methyl/N-ethyl adjacent to an activating group) is 1. The summed E-state index contributed by atoms with van der Waals surface area (Å²) in [5.41, 5.74) is 1.15. The summed E-state index contributed by atoms with van der Waals surface area (Å²) in [5.74, 6) is 0. The first kappa shape index (κ1) is 15.3. The molecule has 0 aliphatic heterocycles. The Bertz CT molecular complexity index is 625. The van der Waals surface area contributed by atoms with E-state index in [1.165, 1.54) is 0 Å². The minimum absolute atomic E-state index is 0.0913. The Labute approximate surface area is 123 Å². The predicted octanol–water partition coefficient (Wildman–Crippen LogP) is 2.31. The van der Waals surface area contributed by atoms with Crippen LogP contribution in [0.3, 0.4) is 0 Å². The topological polar surface area (TPSA) is 77.3 Å². The molecule has 0 saturated carbocycles. The second-order valence-corrected chi connectivity index (χ2v) is 4.84. The third kappa shape index (κ3) is 3.53. The van der Waals surface area contributed by atoms with Crippen molar-refractivity contribution in [3.63, 3.8) is 0 Å². The van der Waals surface area contributed by atoms with Crippen LogP contribution in [0.2, 0.25) is 0 Å². The van der Waals surface area contributed by atoms with E-state index in [9.17, 15) is 10.1 Å². The molecule has 0 aliphatic carbocycles. The molecule has 1 unspecified atom stereocenters. The van der Waals surface area contributed by atoms with Crippen LogP contribution in [0.1, 0.15) is 12.5 Å². The summed E-state index contributed by atoms with van der Waals surface area (Å²) < 4.78 is 5.22. The van der Waals surface area contributed by atoms with Crippen molar-refractivity contribution in [3.8, 4) is 0 Å². The summed E-state index contributed by atoms with van der Waals surface area (Å²) in [5, 5.41) is 15.9. The number of nitro groups is 1. The third-order valence-corrected chi connectivity index (χ3v) is 3.41. The largest absolute Gasteiger partial charge is 0.383 e. The molecule has 112 valence electrons. The van der Waals surface area contributed by atoms with Crippen LogP contribution >= 0.6 is 0 Å². The zero-order chi connectivity index (χ0) is 15.2. The van der Waals surface area contributed by atoms with Gasteiger partial charge < -0.3 is 10.1 Å². The minimum Gasteiger partial charge on any atom is -0.383 e. The molecule has 1 aromatic carbocycles. The van der Waals surface area contributed by atoms with Crippen LogP contribution in [-0.2, 0) is 11.2 Å². The summed E-state index contributed by atoms with van der Waals surface area (Å²) in [6.45, 7) is 3.48. The highest BCUT2D eigenvalue weighted by Gasteiger charge is 2.16. The second kappa shape index (κ2) is 7.10. The summed E-state index contributed by atoms with van der Waals surface area (Å²) in [6.07, 6.45) is 3.96. The molecular weight excluding hydrogens is 270 g/mol. The van der Waals surface area contributed by atoms with E-state index in [0.717, 1.165) is 23.9 Å². The van der Waals surface area contributed by atoms with Crippen molar-refractivity contribution in [2.24, 2.45) is 0 Å². The van der Waals surface area contributed by atoms with Crippen LogP contribution in [0.15, 0.2) is 30.6 Å². The number of fused-ring (bicyclic) bond motifs is 1. The lowest BCUT2D eigenvalue weighted by Crippen LogP contribution is -2.35. The van der Waals surface area contributed by atoms with E-state index in [2.05, 4.69) is 10.3 Å². The fraction of sp³-hybridized carbons (Fsp3) is 0.400. The number of ether oxygens (including phenoxy) is 1. The molecule has 0 radical (unpaired) electrons. The smallest absolute Gasteiger partial charge is 0.278 e. The Morgan fingerprint density at radius 1 is 1.38 bits per heavy atom. The van der Waals surface area contributed by atoms with Crippen molar-refractivity contribution in [1.29, 1.82) is 0 Å². The Kier molecular flexibility index (Phi) is 5.19. The van der Waals surface area contributed by atoms with Crippen LogP contribution in [0.4, 0.5) is 5.69 Å². The van der Waals surface area contributed by atoms with Crippen LogP contribution in [0.25, 0.3) is 10.8 Å². The zero-order valence-corrected chi connectivity index (χ0v) is 12.2. The summed E-state index contributed by atoms with van der Waals surface area (Å²) in [7, 11) is 1.67. The summed E-state index contributed by atoms with van der Waals surface area (Å²) in [6, 6.07) is 5.38. The van der Waals surface area contributed by atoms with Gasteiger partial charge in [-0.3, -0.25) is 15.1 Å². The number of hydrogen-bond donors (Lipinski definition) is 1. The van der Waals surface area contributed by atoms with E-state index >= 15 is 0 Å². The fourth-order valence-electron chi connectivity index (χ4n) is 2.52. The van der Waals surface area contributed by atoms with Crippen LogP contribution in [-0.4, -0.2) is 36.2 Å². The van der Waals surface area contributed by atoms with Crippen molar-refractivity contribution in [2.75, 3.05) is 20.3 Å². The predicted molar refractivity (Wildman–Crippen MR) is 81.4 cm³/mol. The highest BCUT2D eigenvalue weighted by Crippen LogP contribution is 2.28. The van der Waals surface area contributed by atoms with Gasteiger partial charge in [0, 0.05) is 31.6 Å². The van der Waals surface area contributed by atoms with Gasteiger partial charge in [-0.25, -0.2) is 0 Å². The van der Waals surface area contributed by atoms with Crippen LogP contribution < -0.4 is 5.32 Å². The van der Waals surface area contributed by atoms with Crippen molar-refractivity contribution in [2.45, 2.75) is 19.4 Å². The summed E-state index contributed by atoms with van der Waals surface area (Å²) in [4.78, 5) is 14.7. The number of nitrogens with zero attached hydrogens (tertiary/aromatic N) is 2. The molecule has 6 nitrogen and oxygen atoms in total. The van der Waals surface area contributed by atoms with Gasteiger partial charge in [0.05, 0.1) is 16.9 Å². The molecule has 2 aromatic rings. The van der Waals surface area contributed by atoms with Crippen LogP contribution in [0, 0.1) is 10.1 Å². The van der Waals surface area contributed by atoms with Gasteiger partial charge in [-0.15, -0.1) is 0 Å². The molecule has 0 spiro atoms. The van der Waals surface area contributed by atoms with Crippen molar-refractivity contribution in [1.82, 2.24) is 10.3 Å². The number of pyridine rings is 1. The van der Waals surface area contributed by atoms with E-state index in [1.807, 2.05) is 19.1 Å². The van der Waals surface area contributed by atoms with E-state index in [0.29, 0.717) is 12.0 Å². The number of aromatic nitrogens is 1. The van der Waals surface area contributed by atoms with Gasteiger partial charge in [-0.05, 0) is 30.0 Å². The molecule has 0 bridgehead atoms. The van der Waals surface area contributed by atoms with Crippen molar-refractivity contribution < 1.29 is 9.66 Å². The zero-order valence-electron chi connectivity index (χ0n) is 12.2. The Hall–Kier alpha value is -2.05. The van der Waals surface area contributed by atoms with E-state index in [1.54, 1.807) is 25.6 Å². The Morgan fingerprint density at radius 3 is 2.86 bits per heavy atom. The van der Waals surface area contributed by atoms with Gasteiger partial charge in [0.1, 0.15) is 0 Å². The quantitative estimate of drug-likeness (QED) is 0.625. The molecule has 21 heavy (non-hydrogen) atoms. The SMILES string of the molecule is CCNC(COC)Cc1ccc([N+](=O)[O-])c2cnccc12. The van der Waals surface area contributed by atoms with E-state index < -0.39 is 0 Å². The fourth-order valence-corrected chi connectivity index (χ4v) is 2.52. The molecule has 1 atom stereocenters.